The minimum Gasteiger partial charge on any atom is -0.376 e. The molecule has 3 rings (SSSR count). The first-order valence-corrected chi connectivity index (χ1v) is 9.15. The molecular weight excluding hydrogens is 302 g/mol. The summed E-state index contributed by atoms with van der Waals surface area (Å²) < 4.78 is 0. The Morgan fingerprint density at radius 3 is 1.92 bits per heavy atom. The smallest absolute Gasteiger partial charge is 0.253 e. The number of nitrogens with one attached hydrogen (secondary N) is 1. The fourth-order valence-corrected chi connectivity index (χ4v) is 3.44. The van der Waals surface area contributed by atoms with Gasteiger partial charge in [0, 0.05) is 37.4 Å². The van der Waals surface area contributed by atoms with E-state index in [1.165, 1.54) is 12.8 Å². The molecule has 1 aromatic carbocycles. The molecule has 0 saturated carbocycles. The van der Waals surface area contributed by atoms with E-state index >= 15 is 0 Å². The Labute approximate surface area is 144 Å². The van der Waals surface area contributed by atoms with Crippen molar-refractivity contribution in [2.75, 3.05) is 38.0 Å². The topological polar surface area (TPSA) is 52.7 Å². The highest BCUT2D eigenvalue weighted by molar-refractivity contribution is 5.94. The summed E-state index contributed by atoms with van der Waals surface area (Å²) >= 11 is 0. The normalized spacial score (nSPS) is 18.3. The molecule has 2 fully saturated rings. The molecule has 0 aliphatic carbocycles. The van der Waals surface area contributed by atoms with Gasteiger partial charge in [-0.3, -0.25) is 9.59 Å². The van der Waals surface area contributed by atoms with Gasteiger partial charge in [0.05, 0.1) is 6.54 Å². The Morgan fingerprint density at radius 1 is 0.792 bits per heavy atom. The number of rotatable bonds is 4. The average molecular weight is 329 g/mol. The van der Waals surface area contributed by atoms with E-state index in [1.807, 2.05) is 34.1 Å². The second-order valence-electron chi connectivity index (χ2n) is 6.73. The van der Waals surface area contributed by atoms with Crippen LogP contribution in [0.1, 0.15) is 48.9 Å². The summed E-state index contributed by atoms with van der Waals surface area (Å²) in [6.07, 6.45) is 6.87. The Morgan fingerprint density at radius 2 is 1.33 bits per heavy atom. The number of benzene rings is 1. The highest BCUT2D eigenvalue weighted by Crippen LogP contribution is 2.16. The number of hydrogen-bond acceptors (Lipinski definition) is 3. The van der Waals surface area contributed by atoms with Crippen molar-refractivity contribution in [3.05, 3.63) is 29.8 Å². The number of piperidine rings is 2. The third-order valence-electron chi connectivity index (χ3n) is 4.93. The number of anilines is 1. The Bertz CT molecular complexity index is 558. The van der Waals surface area contributed by atoms with Gasteiger partial charge in [-0.2, -0.15) is 0 Å². The SMILES string of the molecule is O=C(CNc1ccc(C(=O)N2CCCCC2)cc1)N1CCCCC1. The molecule has 24 heavy (non-hydrogen) atoms. The zero-order chi connectivity index (χ0) is 16.8. The van der Waals surface area contributed by atoms with Gasteiger partial charge in [-0.05, 0) is 62.8 Å². The predicted molar refractivity (Wildman–Crippen MR) is 95.1 cm³/mol. The second-order valence-corrected chi connectivity index (χ2v) is 6.73. The summed E-state index contributed by atoms with van der Waals surface area (Å²) in [4.78, 5) is 28.5. The summed E-state index contributed by atoms with van der Waals surface area (Å²) in [6.45, 7) is 3.80. The first-order valence-electron chi connectivity index (χ1n) is 9.15. The van der Waals surface area contributed by atoms with E-state index in [0.717, 1.165) is 63.1 Å². The van der Waals surface area contributed by atoms with Crippen LogP contribution in [0.2, 0.25) is 0 Å². The van der Waals surface area contributed by atoms with E-state index in [-0.39, 0.29) is 11.8 Å². The Hall–Kier alpha value is -2.04. The zero-order valence-electron chi connectivity index (χ0n) is 14.3. The summed E-state index contributed by atoms with van der Waals surface area (Å²) in [5.74, 6) is 0.272. The van der Waals surface area contributed by atoms with Crippen molar-refractivity contribution < 1.29 is 9.59 Å². The van der Waals surface area contributed by atoms with Gasteiger partial charge < -0.3 is 15.1 Å². The third kappa shape index (κ3) is 4.28. The molecule has 1 N–H and O–H groups in total. The maximum Gasteiger partial charge on any atom is 0.253 e. The molecule has 0 spiro atoms. The van der Waals surface area contributed by atoms with Crippen molar-refractivity contribution in [2.45, 2.75) is 38.5 Å². The molecule has 0 bridgehead atoms. The van der Waals surface area contributed by atoms with Gasteiger partial charge in [0.25, 0.3) is 5.91 Å². The van der Waals surface area contributed by atoms with E-state index in [9.17, 15) is 9.59 Å². The monoisotopic (exact) mass is 329 g/mol. The van der Waals surface area contributed by atoms with Crippen LogP contribution in [0.5, 0.6) is 0 Å². The minimum absolute atomic E-state index is 0.116. The van der Waals surface area contributed by atoms with Gasteiger partial charge in [0.2, 0.25) is 5.91 Å². The van der Waals surface area contributed by atoms with Crippen LogP contribution in [-0.2, 0) is 4.79 Å². The fraction of sp³-hybridized carbons (Fsp3) is 0.579. The molecule has 2 aliphatic rings. The first kappa shape index (κ1) is 16.8. The molecule has 1 aromatic rings. The summed E-state index contributed by atoms with van der Waals surface area (Å²) in [5.41, 5.74) is 1.61. The number of carbonyl (C=O) groups excluding carboxylic acids is 2. The van der Waals surface area contributed by atoms with Crippen molar-refractivity contribution in [1.82, 2.24) is 9.80 Å². The Balaban J connectivity index is 1.50. The molecule has 0 aromatic heterocycles. The fourth-order valence-electron chi connectivity index (χ4n) is 3.44. The molecule has 2 aliphatic heterocycles. The molecule has 0 atom stereocenters. The molecule has 2 saturated heterocycles. The lowest BCUT2D eigenvalue weighted by molar-refractivity contribution is -0.130. The van der Waals surface area contributed by atoms with Gasteiger partial charge >= 0.3 is 0 Å². The van der Waals surface area contributed by atoms with Crippen LogP contribution in [0.25, 0.3) is 0 Å². The van der Waals surface area contributed by atoms with Crippen LogP contribution in [0.15, 0.2) is 24.3 Å². The molecular formula is C19H27N3O2. The largest absolute Gasteiger partial charge is 0.376 e. The maximum absolute atomic E-state index is 12.4. The molecule has 5 nitrogen and oxygen atoms in total. The zero-order valence-corrected chi connectivity index (χ0v) is 14.3. The standard InChI is InChI=1S/C19H27N3O2/c23-18(21-11-3-1-4-12-21)15-20-17-9-7-16(8-10-17)19(24)22-13-5-2-6-14-22/h7-10,20H,1-6,11-15H2. The molecule has 2 amide bonds. The van der Waals surface area contributed by atoms with Crippen LogP contribution in [0, 0.1) is 0 Å². The van der Waals surface area contributed by atoms with Crippen molar-refractivity contribution >= 4 is 17.5 Å². The van der Waals surface area contributed by atoms with E-state index in [4.69, 9.17) is 0 Å². The van der Waals surface area contributed by atoms with Crippen molar-refractivity contribution in [3.8, 4) is 0 Å². The molecule has 130 valence electrons. The second kappa shape index (κ2) is 8.18. The van der Waals surface area contributed by atoms with E-state index < -0.39 is 0 Å². The van der Waals surface area contributed by atoms with Gasteiger partial charge in [-0.1, -0.05) is 0 Å². The number of likely N-dealkylation sites (tertiary alicyclic amines) is 2. The number of nitrogens with zero attached hydrogens (tertiary/aromatic N) is 2. The summed E-state index contributed by atoms with van der Waals surface area (Å²) in [6, 6.07) is 7.48. The quantitative estimate of drug-likeness (QED) is 0.924. The van der Waals surface area contributed by atoms with Crippen LogP contribution in [0.4, 0.5) is 5.69 Å². The van der Waals surface area contributed by atoms with Gasteiger partial charge in [0.1, 0.15) is 0 Å². The van der Waals surface area contributed by atoms with Crippen LogP contribution in [0.3, 0.4) is 0 Å². The van der Waals surface area contributed by atoms with E-state index in [1.54, 1.807) is 0 Å². The maximum atomic E-state index is 12.4. The molecule has 5 heteroatoms. The highest BCUT2D eigenvalue weighted by Gasteiger charge is 2.18. The van der Waals surface area contributed by atoms with Crippen molar-refractivity contribution in [3.63, 3.8) is 0 Å². The van der Waals surface area contributed by atoms with Gasteiger partial charge in [0.15, 0.2) is 0 Å². The molecule has 2 heterocycles. The summed E-state index contributed by atoms with van der Waals surface area (Å²) in [5, 5.41) is 3.17. The number of hydrogen-bond donors (Lipinski definition) is 1. The third-order valence-corrected chi connectivity index (χ3v) is 4.93. The van der Waals surface area contributed by atoms with E-state index in [0.29, 0.717) is 6.54 Å². The molecule has 0 radical (unpaired) electrons. The predicted octanol–water partition coefficient (Wildman–Crippen LogP) is 2.74. The highest BCUT2D eigenvalue weighted by atomic mass is 16.2. The van der Waals surface area contributed by atoms with Crippen LogP contribution in [-0.4, -0.2) is 54.3 Å². The van der Waals surface area contributed by atoms with Crippen LogP contribution >= 0.6 is 0 Å². The lowest BCUT2D eigenvalue weighted by Gasteiger charge is -2.27. The minimum atomic E-state index is 0.116. The lowest BCUT2D eigenvalue weighted by atomic mass is 10.1. The summed E-state index contributed by atoms with van der Waals surface area (Å²) in [7, 11) is 0. The average Bonchev–Trinajstić information content (AvgIpc) is 2.67. The van der Waals surface area contributed by atoms with E-state index in [2.05, 4.69) is 5.32 Å². The first-order chi connectivity index (χ1) is 11.7. The van der Waals surface area contributed by atoms with Crippen LogP contribution < -0.4 is 5.32 Å². The van der Waals surface area contributed by atoms with Crippen molar-refractivity contribution in [2.24, 2.45) is 0 Å². The Kier molecular flexibility index (Phi) is 5.72. The molecule has 0 unspecified atom stereocenters. The lowest BCUT2D eigenvalue weighted by Crippen LogP contribution is -2.39. The van der Waals surface area contributed by atoms with Gasteiger partial charge in [-0.15, -0.1) is 0 Å². The van der Waals surface area contributed by atoms with Gasteiger partial charge in [-0.25, -0.2) is 0 Å². The van der Waals surface area contributed by atoms with Crippen molar-refractivity contribution in [1.29, 1.82) is 0 Å². The number of amides is 2. The number of carbonyl (C=O) groups is 2.